The number of hydrogen-bond acceptors (Lipinski definition) is 3. The van der Waals surface area contributed by atoms with Gasteiger partial charge in [0, 0.05) is 18.7 Å². The second-order valence-electron chi connectivity index (χ2n) is 5.68. The predicted molar refractivity (Wildman–Crippen MR) is 92.0 cm³/mol. The molecule has 2 aromatic rings. The number of rotatable bonds is 5. The average Bonchev–Trinajstić information content (AvgIpc) is 3.01. The van der Waals surface area contributed by atoms with Gasteiger partial charge >= 0.3 is 0 Å². The zero-order valence-electron chi connectivity index (χ0n) is 13.2. The van der Waals surface area contributed by atoms with E-state index in [1.165, 1.54) is 11.6 Å². The van der Waals surface area contributed by atoms with Crippen molar-refractivity contribution in [2.45, 2.75) is 32.7 Å². The molecule has 3 rings (SSSR count). The fourth-order valence-corrected chi connectivity index (χ4v) is 2.64. The van der Waals surface area contributed by atoms with Crippen LogP contribution in [0.3, 0.4) is 0 Å². The Morgan fingerprint density at radius 2 is 1.88 bits per heavy atom. The van der Waals surface area contributed by atoms with Gasteiger partial charge in [-0.15, -0.1) is 12.4 Å². The number of amides is 1. The molecule has 0 fully saturated rings. The zero-order chi connectivity index (χ0) is 16.2. The van der Waals surface area contributed by atoms with Crippen LogP contribution < -0.4 is 11.1 Å². The van der Waals surface area contributed by atoms with E-state index in [-0.39, 0.29) is 37.1 Å². The number of nitrogens with two attached hydrogens (primary N) is 1. The molecule has 0 aliphatic carbocycles. The molecule has 24 heavy (non-hydrogen) atoms. The molecule has 4 nitrogen and oxygen atoms in total. The Bertz CT molecular complexity index is 737. The summed E-state index contributed by atoms with van der Waals surface area (Å²) < 4.78 is 19.2. The van der Waals surface area contributed by atoms with Crippen LogP contribution in [0.15, 0.2) is 36.4 Å². The highest BCUT2D eigenvalue weighted by molar-refractivity contribution is 5.85. The molecule has 2 aromatic carbocycles. The first-order valence-electron chi connectivity index (χ1n) is 7.58. The topological polar surface area (TPSA) is 64.3 Å². The largest absolute Gasteiger partial charge is 0.372 e. The SMILES string of the molecule is Cl.NCc1ccc(CNC(=O)Cc2ccc3c(c2)COC3)c(F)c1. The summed E-state index contributed by atoms with van der Waals surface area (Å²) in [5, 5.41) is 2.75. The minimum Gasteiger partial charge on any atom is -0.372 e. The number of carbonyl (C=O) groups is 1. The van der Waals surface area contributed by atoms with Gasteiger partial charge in [0.1, 0.15) is 5.82 Å². The smallest absolute Gasteiger partial charge is 0.224 e. The van der Waals surface area contributed by atoms with Gasteiger partial charge in [-0.2, -0.15) is 0 Å². The van der Waals surface area contributed by atoms with Crippen LogP contribution in [-0.2, 0) is 42.3 Å². The Labute approximate surface area is 146 Å². The first-order valence-corrected chi connectivity index (χ1v) is 7.58. The Morgan fingerprint density at radius 3 is 2.62 bits per heavy atom. The quantitative estimate of drug-likeness (QED) is 0.871. The van der Waals surface area contributed by atoms with Crippen LogP contribution in [0.25, 0.3) is 0 Å². The van der Waals surface area contributed by atoms with Crippen molar-refractivity contribution < 1.29 is 13.9 Å². The number of hydrogen-bond donors (Lipinski definition) is 2. The second kappa shape index (κ2) is 8.24. The molecule has 0 bridgehead atoms. The molecule has 0 saturated carbocycles. The third-order valence-electron chi connectivity index (χ3n) is 3.98. The molecular weight excluding hydrogens is 331 g/mol. The van der Waals surface area contributed by atoms with E-state index in [2.05, 4.69) is 5.32 Å². The van der Waals surface area contributed by atoms with Crippen molar-refractivity contribution in [3.8, 4) is 0 Å². The molecule has 6 heteroatoms. The number of halogens is 2. The molecule has 3 N–H and O–H groups in total. The molecule has 0 unspecified atom stereocenters. The van der Waals surface area contributed by atoms with Crippen LogP contribution in [0, 0.1) is 5.82 Å². The lowest BCUT2D eigenvalue weighted by atomic mass is 10.0. The maximum Gasteiger partial charge on any atom is 0.224 e. The molecule has 0 radical (unpaired) electrons. The summed E-state index contributed by atoms with van der Waals surface area (Å²) in [6.07, 6.45) is 0.274. The highest BCUT2D eigenvalue weighted by atomic mass is 35.5. The Hall–Kier alpha value is -1.95. The Kier molecular flexibility index (Phi) is 6.31. The van der Waals surface area contributed by atoms with Gasteiger partial charge in [-0.3, -0.25) is 4.79 Å². The molecule has 1 aliphatic rings. The maximum atomic E-state index is 13.8. The van der Waals surface area contributed by atoms with Crippen LogP contribution in [-0.4, -0.2) is 5.91 Å². The van der Waals surface area contributed by atoms with Gasteiger partial charge in [0.15, 0.2) is 0 Å². The van der Waals surface area contributed by atoms with Gasteiger partial charge in [0.25, 0.3) is 0 Å². The van der Waals surface area contributed by atoms with Gasteiger partial charge in [-0.25, -0.2) is 4.39 Å². The van der Waals surface area contributed by atoms with Crippen molar-refractivity contribution in [3.05, 3.63) is 70.0 Å². The predicted octanol–water partition coefficient (Wildman–Crippen LogP) is 2.60. The lowest BCUT2D eigenvalue weighted by Crippen LogP contribution is -2.25. The molecule has 0 saturated heterocycles. The molecule has 0 spiro atoms. The lowest BCUT2D eigenvalue weighted by molar-refractivity contribution is -0.120. The van der Waals surface area contributed by atoms with Gasteiger partial charge < -0.3 is 15.8 Å². The molecule has 1 amide bonds. The van der Waals surface area contributed by atoms with Crippen molar-refractivity contribution in [2.75, 3.05) is 0 Å². The van der Waals surface area contributed by atoms with Gasteiger partial charge in [-0.05, 0) is 28.3 Å². The first kappa shape index (κ1) is 18.4. The van der Waals surface area contributed by atoms with Gasteiger partial charge in [0.05, 0.1) is 19.6 Å². The standard InChI is InChI=1S/C18H19FN2O2.ClH/c19-17-6-13(8-20)2-3-14(17)9-21-18(22)7-12-1-4-15-10-23-11-16(15)5-12;/h1-6H,7-11,20H2,(H,21,22);1H. The number of fused-ring (bicyclic) bond motifs is 1. The fourth-order valence-electron chi connectivity index (χ4n) is 2.64. The summed E-state index contributed by atoms with van der Waals surface area (Å²) in [7, 11) is 0. The van der Waals surface area contributed by atoms with Gasteiger partial charge in [-0.1, -0.05) is 30.3 Å². The normalized spacial score (nSPS) is 12.4. The summed E-state index contributed by atoms with van der Waals surface area (Å²) in [5.74, 6) is -0.478. The summed E-state index contributed by atoms with van der Waals surface area (Å²) in [4.78, 5) is 12.0. The van der Waals surface area contributed by atoms with Crippen molar-refractivity contribution >= 4 is 18.3 Å². The maximum absolute atomic E-state index is 13.8. The minimum atomic E-state index is -0.345. The monoisotopic (exact) mass is 350 g/mol. The number of ether oxygens (including phenoxy) is 1. The van der Waals surface area contributed by atoms with Crippen LogP contribution >= 0.6 is 12.4 Å². The summed E-state index contributed by atoms with van der Waals surface area (Å²) in [6.45, 7) is 1.71. The van der Waals surface area contributed by atoms with E-state index in [1.54, 1.807) is 12.1 Å². The lowest BCUT2D eigenvalue weighted by Gasteiger charge is -2.08. The molecule has 1 aliphatic heterocycles. The Balaban J connectivity index is 0.00000208. The van der Waals surface area contributed by atoms with E-state index in [9.17, 15) is 9.18 Å². The number of nitrogens with one attached hydrogen (secondary N) is 1. The third-order valence-corrected chi connectivity index (χ3v) is 3.98. The first-order chi connectivity index (χ1) is 11.2. The van der Waals surface area contributed by atoms with Gasteiger partial charge in [0.2, 0.25) is 5.91 Å². The van der Waals surface area contributed by atoms with Crippen molar-refractivity contribution in [1.29, 1.82) is 0 Å². The molecule has 128 valence electrons. The number of benzene rings is 2. The third kappa shape index (κ3) is 4.32. The molecular formula is C18H20ClFN2O2. The van der Waals surface area contributed by atoms with E-state index in [0.29, 0.717) is 25.3 Å². The summed E-state index contributed by atoms with van der Waals surface area (Å²) >= 11 is 0. The average molecular weight is 351 g/mol. The fraction of sp³-hybridized carbons (Fsp3) is 0.278. The Morgan fingerprint density at radius 1 is 1.12 bits per heavy atom. The van der Waals surface area contributed by atoms with E-state index in [1.807, 2.05) is 18.2 Å². The van der Waals surface area contributed by atoms with E-state index >= 15 is 0 Å². The molecule has 0 aromatic heterocycles. The van der Waals surface area contributed by atoms with E-state index in [4.69, 9.17) is 10.5 Å². The van der Waals surface area contributed by atoms with Crippen molar-refractivity contribution in [3.63, 3.8) is 0 Å². The van der Waals surface area contributed by atoms with Crippen LogP contribution in [0.1, 0.15) is 27.8 Å². The summed E-state index contributed by atoms with van der Waals surface area (Å²) in [5.41, 5.74) is 9.91. The van der Waals surface area contributed by atoms with E-state index in [0.717, 1.165) is 16.7 Å². The number of carbonyl (C=O) groups excluding carboxylic acids is 1. The minimum absolute atomic E-state index is 0. The zero-order valence-corrected chi connectivity index (χ0v) is 14.0. The van der Waals surface area contributed by atoms with Crippen LogP contribution in [0.5, 0.6) is 0 Å². The molecule has 0 atom stereocenters. The van der Waals surface area contributed by atoms with Crippen LogP contribution in [0.4, 0.5) is 4.39 Å². The van der Waals surface area contributed by atoms with Crippen molar-refractivity contribution in [2.24, 2.45) is 5.73 Å². The second-order valence-corrected chi connectivity index (χ2v) is 5.68. The summed E-state index contributed by atoms with van der Waals surface area (Å²) in [6, 6.07) is 10.8. The highest BCUT2D eigenvalue weighted by Gasteiger charge is 2.13. The van der Waals surface area contributed by atoms with E-state index < -0.39 is 0 Å². The van der Waals surface area contributed by atoms with Crippen molar-refractivity contribution in [1.82, 2.24) is 5.32 Å². The molecule has 1 heterocycles. The van der Waals surface area contributed by atoms with Crippen LogP contribution in [0.2, 0.25) is 0 Å². The highest BCUT2D eigenvalue weighted by Crippen LogP contribution is 2.21.